The molecule has 2 aromatic carbocycles. The molecule has 0 aliphatic carbocycles. The Hall–Kier alpha value is -3.23. The summed E-state index contributed by atoms with van der Waals surface area (Å²) >= 11 is 0. The summed E-state index contributed by atoms with van der Waals surface area (Å²) in [6, 6.07) is 7.33. The Kier molecular flexibility index (Phi) is 4.93. The Morgan fingerprint density at radius 3 is 2.44 bits per heavy atom. The lowest BCUT2D eigenvalue weighted by Gasteiger charge is -2.21. The maximum absolute atomic E-state index is 13.0. The van der Waals surface area contributed by atoms with E-state index in [-0.39, 0.29) is 29.3 Å². The predicted octanol–water partition coefficient (Wildman–Crippen LogP) is 3.69. The first-order valence-electron chi connectivity index (χ1n) is 7.94. The molecule has 1 heterocycles. The molecule has 2 N–H and O–H groups in total. The molecular formula is C18H15F3N2O4. The Morgan fingerprint density at radius 2 is 1.74 bits per heavy atom. The second-order valence-electron chi connectivity index (χ2n) is 5.72. The van der Waals surface area contributed by atoms with Crippen molar-refractivity contribution < 1.29 is 32.2 Å². The van der Waals surface area contributed by atoms with Crippen LogP contribution in [-0.2, 0) is 11.0 Å². The molecule has 2 aromatic rings. The van der Waals surface area contributed by atoms with Crippen molar-refractivity contribution in [1.82, 2.24) is 0 Å². The highest BCUT2D eigenvalue weighted by Gasteiger charge is 2.31. The zero-order valence-electron chi connectivity index (χ0n) is 14.1. The van der Waals surface area contributed by atoms with E-state index in [2.05, 4.69) is 10.6 Å². The molecule has 142 valence electrons. The van der Waals surface area contributed by atoms with Crippen LogP contribution in [0.1, 0.15) is 22.8 Å². The van der Waals surface area contributed by atoms with E-state index in [1.807, 2.05) is 0 Å². The molecule has 0 spiro atoms. The van der Waals surface area contributed by atoms with E-state index in [0.29, 0.717) is 12.4 Å². The number of carbonyl (C=O) groups excluding carboxylic acids is 2. The summed E-state index contributed by atoms with van der Waals surface area (Å²) in [5.41, 5.74) is -0.981. The highest BCUT2D eigenvalue weighted by molar-refractivity contribution is 6.09. The highest BCUT2D eigenvalue weighted by Crippen LogP contribution is 2.36. The molecule has 0 saturated heterocycles. The van der Waals surface area contributed by atoms with Crippen molar-refractivity contribution in [2.24, 2.45) is 0 Å². The van der Waals surface area contributed by atoms with Gasteiger partial charge in [-0.3, -0.25) is 9.59 Å². The van der Waals surface area contributed by atoms with E-state index >= 15 is 0 Å². The van der Waals surface area contributed by atoms with Crippen LogP contribution in [0, 0.1) is 0 Å². The van der Waals surface area contributed by atoms with E-state index < -0.39 is 23.6 Å². The molecule has 2 amide bonds. The van der Waals surface area contributed by atoms with Crippen LogP contribution in [0.25, 0.3) is 0 Å². The molecule has 0 saturated carbocycles. The quantitative estimate of drug-likeness (QED) is 0.852. The predicted molar refractivity (Wildman–Crippen MR) is 91.1 cm³/mol. The van der Waals surface area contributed by atoms with Gasteiger partial charge in [-0.05, 0) is 30.3 Å². The van der Waals surface area contributed by atoms with E-state index in [1.165, 1.54) is 13.0 Å². The first-order valence-corrected chi connectivity index (χ1v) is 7.94. The van der Waals surface area contributed by atoms with E-state index in [1.54, 1.807) is 12.1 Å². The lowest BCUT2D eigenvalue weighted by atomic mass is 10.1. The van der Waals surface area contributed by atoms with E-state index in [4.69, 9.17) is 9.47 Å². The van der Waals surface area contributed by atoms with Gasteiger partial charge < -0.3 is 20.1 Å². The van der Waals surface area contributed by atoms with Gasteiger partial charge in [0, 0.05) is 6.92 Å². The highest BCUT2D eigenvalue weighted by atomic mass is 19.4. The summed E-state index contributed by atoms with van der Waals surface area (Å²) in [6.07, 6.45) is -4.60. The Morgan fingerprint density at radius 1 is 1.00 bits per heavy atom. The molecule has 6 nitrogen and oxygen atoms in total. The molecule has 0 unspecified atom stereocenters. The molecule has 3 rings (SSSR count). The molecule has 0 radical (unpaired) electrons. The van der Waals surface area contributed by atoms with Crippen LogP contribution in [-0.4, -0.2) is 25.0 Å². The van der Waals surface area contributed by atoms with Gasteiger partial charge in [-0.15, -0.1) is 0 Å². The van der Waals surface area contributed by atoms with Gasteiger partial charge in [0.25, 0.3) is 5.91 Å². The van der Waals surface area contributed by atoms with Gasteiger partial charge in [-0.1, -0.05) is 6.07 Å². The van der Waals surface area contributed by atoms with Crippen molar-refractivity contribution in [3.05, 3.63) is 47.5 Å². The Bertz CT molecular complexity index is 897. The van der Waals surface area contributed by atoms with Crippen LogP contribution < -0.4 is 20.1 Å². The molecule has 0 atom stereocenters. The van der Waals surface area contributed by atoms with Crippen molar-refractivity contribution in [2.75, 3.05) is 23.8 Å². The second-order valence-corrected chi connectivity index (χ2v) is 5.72. The zero-order chi connectivity index (χ0) is 19.6. The number of carbonyl (C=O) groups is 2. The number of amides is 2. The van der Waals surface area contributed by atoms with E-state index in [9.17, 15) is 22.8 Å². The Balaban J connectivity index is 1.96. The minimum absolute atomic E-state index is 0.0471. The molecule has 0 bridgehead atoms. The first kappa shape index (κ1) is 18.6. The fourth-order valence-corrected chi connectivity index (χ4v) is 2.56. The van der Waals surface area contributed by atoms with Gasteiger partial charge in [0.2, 0.25) is 5.91 Å². The average Bonchev–Trinajstić information content (AvgIpc) is 2.61. The number of rotatable bonds is 3. The number of benzene rings is 2. The third-order valence-corrected chi connectivity index (χ3v) is 3.72. The van der Waals surface area contributed by atoms with Crippen molar-refractivity contribution in [2.45, 2.75) is 13.1 Å². The molecule has 0 fully saturated rings. The average molecular weight is 380 g/mol. The molecule has 0 aromatic heterocycles. The summed E-state index contributed by atoms with van der Waals surface area (Å²) in [4.78, 5) is 24.0. The van der Waals surface area contributed by atoms with Crippen LogP contribution >= 0.6 is 0 Å². The summed E-state index contributed by atoms with van der Waals surface area (Å²) in [6.45, 7) is 1.79. The topological polar surface area (TPSA) is 76.7 Å². The van der Waals surface area contributed by atoms with Crippen LogP contribution in [0.2, 0.25) is 0 Å². The van der Waals surface area contributed by atoms with Gasteiger partial charge in [0.15, 0.2) is 11.5 Å². The van der Waals surface area contributed by atoms with E-state index in [0.717, 1.165) is 18.2 Å². The molecule has 9 heteroatoms. The van der Waals surface area contributed by atoms with Gasteiger partial charge in [0.1, 0.15) is 13.2 Å². The molecule has 1 aliphatic heterocycles. The lowest BCUT2D eigenvalue weighted by Crippen LogP contribution is -2.21. The maximum Gasteiger partial charge on any atom is 0.416 e. The molecule has 1 aliphatic rings. The normalized spacial score (nSPS) is 13.0. The van der Waals surface area contributed by atoms with Gasteiger partial charge in [-0.25, -0.2) is 0 Å². The number of para-hydroxylation sites is 1. The van der Waals surface area contributed by atoms with Crippen molar-refractivity contribution in [1.29, 1.82) is 0 Å². The van der Waals surface area contributed by atoms with Crippen LogP contribution in [0.15, 0.2) is 36.4 Å². The van der Waals surface area contributed by atoms with Crippen LogP contribution in [0.3, 0.4) is 0 Å². The zero-order valence-corrected chi connectivity index (χ0v) is 14.1. The summed E-state index contributed by atoms with van der Waals surface area (Å²) in [7, 11) is 0. The van der Waals surface area contributed by atoms with Crippen molar-refractivity contribution >= 4 is 23.2 Å². The number of ether oxygens (including phenoxy) is 2. The van der Waals surface area contributed by atoms with Gasteiger partial charge >= 0.3 is 6.18 Å². The minimum atomic E-state index is -4.60. The van der Waals surface area contributed by atoms with Crippen molar-refractivity contribution in [3.63, 3.8) is 0 Å². The lowest BCUT2D eigenvalue weighted by molar-refractivity contribution is -0.137. The summed E-state index contributed by atoms with van der Waals surface area (Å²) in [5, 5.41) is 4.80. The van der Waals surface area contributed by atoms with Crippen LogP contribution in [0.4, 0.5) is 24.5 Å². The number of anilines is 2. The SMILES string of the molecule is CC(=O)Nc1ccc(C(F)(F)F)cc1NC(=O)c1cccc2c1OCCO2. The maximum atomic E-state index is 13.0. The monoisotopic (exact) mass is 380 g/mol. The van der Waals surface area contributed by atoms with Gasteiger partial charge in [-0.2, -0.15) is 13.2 Å². The first-order chi connectivity index (χ1) is 12.8. The molecule has 27 heavy (non-hydrogen) atoms. The Labute approximate surface area is 152 Å². The smallest absolute Gasteiger partial charge is 0.416 e. The van der Waals surface area contributed by atoms with Crippen LogP contribution in [0.5, 0.6) is 11.5 Å². The third-order valence-electron chi connectivity index (χ3n) is 3.72. The standard InChI is InChI=1S/C18H15F3N2O4/c1-10(24)22-13-6-5-11(18(19,20)21)9-14(13)23-17(25)12-3-2-4-15-16(12)27-8-7-26-15/h2-6,9H,7-8H2,1H3,(H,22,24)(H,23,25). The number of halogens is 3. The van der Waals surface area contributed by atoms with Gasteiger partial charge in [0.05, 0.1) is 22.5 Å². The number of hydrogen-bond donors (Lipinski definition) is 2. The number of nitrogens with one attached hydrogen (secondary N) is 2. The number of hydrogen-bond acceptors (Lipinski definition) is 4. The largest absolute Gasteiger partial charge is 0.486 e. The summed E-state index contributed by atoms with van der Waals surface area (Å²) < 4.78 is 49.9. The third kappa shape index (κ3) is 4.13. The minimum Gasteiger partial charge on any atom is -0.486 e. The fourth-order valence-electron chi connectivity index (χ4n) is 2.56. The van der Waals surface area contributed by atoms with Crippen molar-refractivity contribution in [3.8, 4) is 11.5 Å². The second kappa shape index (κ2) is 7.18. The molecular weight excluding hydrogens is 365 g/mol. The fraction of sp³-hybridized carbons (Fsp3) is 0.222. The summed E-state index contributed by atoms with van der Waals surface area (Å²) in [5.74, 6) is -0.586. The number of alkyl halides is 3. The number of fused-ring (bicyclic) bond motifs is 1.